The van der Waals surface area contributed by atoms with Gasteiger partial charge in [0.1, 0.15) is 0 Å². The highest BCUT2D eigenvalue weighted by Crippen LogP contribution is 2.38. The number of benzene rings is 1. The molecule has 0 aliphatic carbocycles. The van der Waals surface area contributed by atoms with Crippen molar-refractivity contribution in [1.82, 2.24) is 4.98 Å². The van der Waals surface area contributed by atoms with E-state index in [2.05, 4.69) is 15.6 Å². The SMILES string of the molecule is O=C(C[C@H]1Sc2ccc(Cl)cc2NC1=O)Nc1ncccc1O. The van der Waals surface area contributed by atoms with E-state index in [1.54, 1.807) is 24.3 Å². The summed E-state index contributed by atoms with van der Waals surface area (Å²) in [5.74, 6) is -0.707. The van der Waals surface area contributed by atoms with Crippen LogP contribution in [0.1, 0.15) is 6.42 Å². The smallest absolute Gasteiger partial charge is 0.238 e. The number of carbonyl (C=O) groups excluding carboxylic acids is 2. The largest absolute Gasteiger partial charge is 0.504 e. The van der Waals surface area contributed by atoms with Crippen molar-refractivity contribution in [3.05, 3.63) is 41.6 Å². The minimum Gasteiger partial charge on any atom is -0.504 e. The standard InChI is InChI=1S/C15H12ClN3O3S/c16-8-3-4-11-9(6-8)18-15(22)12(23-11)7-13(21)19-14-10(20)2-1-5-17-14/h1-6,12,20H,7H2,(H,18,22)(H,17,19,21)/t12-/m1/s1. The molecule has 0 unspecified atom stereocenters. The Balaban J connectivity index is 1.68. The van der Waals surface area contributed by atoms with Gasteiger partial charge in [0.15, 0.2) is 11.6 Å². The summed E-state index contributed by atoms with van der Waals surface area (Å²) in [6, 6.07) is 8.18. The van der Waals surface area contributed by atoms with Crippen LogP contribution < -0.4 is 10.6 Å². The molecule has 1 aromatic carbocycles. The summed E-state index contributed by atoms with van der Waals surface area (Å²) in [6.07, 6.45) is 1.42. The molecule has 8 heteroatoms. The number of anilines is 2. The predicted molar refractivity (Wildman–Crippen MR) is 88.9 cm³/mol. The molecule has 1 atom stereocenters. The summed E-state index contributed by atoms with van der Waals surface area (Å²) in [5.41, 5.74) is 0.645. The molecule has 3 N–H and O–H groups in total. The summed E-state index contributed by atoms with van der Waals surface area (Å²) in [6.45, 7) is 0. The summed E-state index contributed by atoms with van der Waals surface area (Å²) in [5, 5.41) is 14.8. The second-order valence-corrected chi connectivity index (χ2v) is 6.54. The van der Waals surface area contributed by atoms with Crippen LogP contribution in [0.3, 0.4) is 0 Å². The number of pyridine rings is 1. The number of amides is 2. The number of nitrogens with zero attached hydrogens (tertiary/aromatic N) is 1. The van der Waals surface area contributed by atoms with Crippen LogP contribution in [0.2, 0.25) is 5.02 Å². The molecule has 2 heterocycles. The summed E-state index contributed by atoms with van der Waals surface area (Å²) < 4.78 is 0. The Morgan fingerprint density at radius 2 is 2.26 bits per heavy atom. The van der Waals surface area contributed by atoms with Gasteiger partial charge < -0.3 is 15.7 Å². The number of nitrogens with one attached hydrogen (secondary N) is 2. The fourth-order valence-electron chi connectivity index (χ4n) is 2.10. The molecule has 2 aromatic rings. The lowest BCUT2D eigenvalue weighted by Gasteiger charge is -2.23. The van der Waals surface area contributed by atoms with Gasteiger partial charge >= 0.3 is 0 Å². The third-order valence-electron chi connectivity index (χ3n) is 3.18. The van der Waals surface area contributed by atoms with Gasteiger partial charge in [-0.15, -0.1) is 11.8 Å². The number of aromatic nitrogens is 1. The first-order valence-corrected chi connectivity index (χ1v) is 7.99. The first-order valence-electron chi connectivity index (χ1n) is 6.74. The van der Waals surface area contributed by atoms with Gasteiger partial charge in [-0.25, -0.2) is 4.98 Å². The topological polar surface area (TPSA) is 91.3 Å². The highest BCUT2D eigenvalue weighted by molar-refractivity contribution is 8.01. The van der Waals surface area contributed by atoms with Crippen molar-refractivity contribution < 1.29 is 14.7 Å². The third-order valence-corrected chi connectivity index (χ3v) is 4.69. The van der Waals surface area contributed by atoms with Crippen molar-refractivity contribution in [3.63, 3.8) is 0 Å². The first-order chi connectivity index (χ1) is 11.0. The quantitative estimate of drug-likeness (QED) is 0.792. The normalized spacial score (nSPS) is 16.4. The van der Waals surface area contributed by atoms with Crippen LogP contribution in [0.15, 0.2) is 41.4 Å². The Bertz CT molecular complexity index is 784. The number of aromatic hydroxyl groups is 1. The molecule has 2 amide bonds. The molecule has 1 aliphatic rings. The van der Waals surface area contributed by atoms with Gasteiger partial charge in [0, 0.05) is 22.5 Å². The van der Waals surface area contributed by atoms with Gasteiger partial charge in [-0.3, -0.25) is 9.59 Å². The van der Waals surface area contributed by atoms with Crippen LogP contribution >= 0.6 is 23.4 Å². The van der Waals surface area contributed by atoms with E-state index in [4.69, 9.17) is 11.6 Å². The van der Waals surface area contributed by atoms with E-state index >= 15 is 0 Å². The van der Waals surface area contributed by atoms with Crippen LogP contribution in [0.25, 0.3) is 0 Å². The number of fused-ring (bicyclic) bond motifs is 1. The lowest BCUT2D eigenvalue weighted by molar-refractivity contribution is -0.120. The second-order valence-electron chi connectivity index (χ2n) is 4.86. The highest BCUT2D eigenvalue weighted by atomic mass is 35.5. The van der Waals surface area contributed by atoms with Gasteiger partial charge in [0.05, 0.1) is 10.9 Å². The molecular weight excluding hydrogens is 338 g/mol. The second kappa shape index (κ2) is 6.47. The average Bonchev–Trinajstić information content (AvgIpc) is 2.50. The Kier molecular flexibility index (Phi) is 4.40. The maximum Gasteiger partial charge on any atom is 0.238 e. The van der Waals surface area contributed by atoms with Crippen molar-refractivity contribution in [2.45, 2.75) is 16.6 Å². The molecule has 1 aliphatic heterocycles. The number of halogens is 1. The van der Waals surface area contributed by atoms with Gasteiger partial charge in [-0.2, -0.15) is 0 Å². The molecule has 0 fully saturated rings. The predicted octanol–water partition coefficient (Wildman–Crippen LogP) is 2.88. The zero-order valence-electron chi connectivity index (χ0n) is 11.7. The van der Waals surface area contributed by atoms with Gasteiger partial charge in [0.2, 0.25) is 11.8 Å². The lowest BCUT2D eigenvalue weighted by Crippen LogP contribution is -2.32. The molecule has 6 nitrogen and oxygen atoms in total. The molecule has 118 valence electrons. The van der Waals surface area contributed by atoms with Gasteiger partial charge in [-0.1, -0.05) is 11.6 Å². The van der Waals surface area contributed by atoms with Crippen molar-refractivity contribution in [3.8, 4) is 5.75 Å². The molecule has 0 spiro atoms. The average molecular weight is 350 g/mol. The van der Waals surface area contributed by atoms with Crippen LogP contribution in [-0.2, 0) is 9.59 Å². The van der Waals surface area contributed by atoms with Gasteiger partial charge in [-0.05, 0) is 30.3 Å². The number of hydrogen-bond donors (Lipinski definition) is 3. The molecule has 0 saturated heterocycles. The Labute approximate surface area is 141 Å². The molecule has 23 heavy (non-hydrogen) atoms. The fourth-order valence-corrected chi connectivity index (χ4v) is 3.36. The molecule has 0 bridgehead atoms. The van der Waals surface area contributed by atoms with E-state index in [9.17, 15) is 14.7 Å². The monoisotopic (exact) mass is 349 g/mol. The van der Waals surface area contributed by atoms with Crippen molar-refractivity contribution in [2.24, 2.45) is 0 Å². The van der Waals surface area contributed by atoms with Crippen LogP contribution in [-0.4, -0.2) is 27.2 Å². The fraction of sp³-hybridized carbons (Fsp3) is 0.133. The Morgan fingerprint density at radius 1 is 1.43 bits per heavy atom. The maximum atomic E-state index is 12.1. The van der Waals surface area contributed by atoms with E-state index in [1.807, 2.05) is 0 Å². The summed E-state index contributed by atoms with van der Waals surface area (Å²) in [7, 11) is 0. The molecule has 0 radical (unpaired) electrons. The molecular formula is C15H12ClN3O3S. The summed E-state index contributed by atoms with van der Waals surface area (Å²) in [4.78, 5) is 28.9. The maximum absolute atomic E-state index is 12.1. The van der Waals surface area contributed by atoms with Crippen molar-refractivity contribution in [2.75, 3.05) is 10.6 Å². The minimum atomic E-state index is -0.561. The number of hydrogen-bond acceptors (Lipinski definition) is 5. The first kappa shape index (κ1) is 15.6. The zero-order chi connectivity index (χ0) is 16.4. The number of carbonyl (C=O) groups is 2. The zero-order valence-corrected chi connectivity index (χ0v) is 13.3. The van der Waals surface area contributed by atoms with Crippen molar-refractivity contribution >= 4 is 46.7 Å². The third kappa shape index (κ3) is 3.57. The van der Waals surface area contributed by atoms with E-state index in [1.165, 1.54) is 24.0 Å². The minimum absolute atomic E-state index is 0.0332. The van der Waals surface area contributed by atoms with E-state index in [0.717, 1.165) is 4.90 Å². The Hall–Kier alpha value is -2.25. The number of rotatable bonds is 3. The molecule has 3 rings (SSSR count). The lowest BCUT2D eigenvalue weighted by atomic mass is 10.2. The number of thioether (sulfide) groups is 1. The van der Waals surface area contributed by atoms with E-state index < -0.39 is 11.2 Å². The van der Waals surface area contributed by atoms with Crippen LogP contribution in [0.5, 0.6) is 5.75 Å². The van der Waals surface area contributed by atoms with Gasteiger partial charge in [0.25, 0.3) is 0 Å². The molecule has 1 aromatic heterocycles. The van der Waals surface area contributed by atoms with Crippen molar-refractivity contribution in [1.29, 1.82) is 0 Å². The molecule has 0 saturated carbocycles. The van der Waals surface area contributed by atoms with Crippen LogP contribution in [0, 0.1) is 0 Å². The van der Waals surface area contributed by atoms with E-state index in [-0.39, 0.29) is 23.9 Å². The Morgan fingerprint density at radius 3 is 3.04 bits per heavy atom. The van der Waals surface area contributed by atoms with Crippen LogP contribution in [0.4, 0.5) is 11.5 Å². The highest BCUT2D eigenvalue weighted by Gasteiger charge is 2.29. The van der Waals surface area contributed by atoms with E-state index in [0.29, 0.717) is 10.7 Å². The summed E-state index contributed by atoms with van der Waals surface area (Å²) >= 11 is 7.20.